The molecular weight excluding hydrogens is 1750 g/mol. The van der Waals surface area contributed by atoms with E-state index in [0.29, 0.717) is 51.4 Å². The average molecular weight is 1900 g/mol. The smallest absolute Gasteiger partial charge is 0.548 e. The number of carbonyl (C=O) groups excluding carboxylic acids is 4. The van der Waals surface area contributed by atoms with Gasteiger partial charge in [0.25, 0.3) is 0 Å². The number of sulfonamides is 4. The van der Waals surface area contributed by atoms with Crippen LogP contribution in [0, 0.1) is 0 Å². The molecular formula is C92H144N4O16Rh2S4. The normalized spacial score (nSPS) is 17.3. The largest absolute Gasteiger partial charge is 2.00 e. The summed E-state index contributed by atoms with van der Waals surface area (Å²) in [6, 6.07) is 23.4. The van der Waals surface area contributed by atoms with Crippen LogP contribution in [0.3, 0.4) is 0 Å². The molecule has 0 unspecified atom stereocenters. The van der Waals surface area contributed by atoms with Crippen molar-refractivity contribution in [3.63, 3.8) is 0 Å². The van der Waals surface area contributed by atoms with Gasteiger partial charge in [0.15, 0.2) is 0 Å². The maximum absolute atomic E-state index is 12.7. The van der Waals surface area contributed by atoms with Crippen molar-refractivity contribution in [1.29, 1.82) is 0 Å². The van der Waals surface area contributed by atoms with Crippen molar-refractivity contribution < 1.29 is 112 Å². The van der Waals surface area contributed by atoms with Gasteiger partial charge < -0.3 is 39.6 Å². The van der Waals surface area contributed by atoms with Gasteiger partial charge in [-0.15, -0.1) is 0 Å². The summed E-state index contributed by atoms with van der Waals surface area (Å²) in [4.78, 5) is 45.5. The van der Waals surface area contributed by atoms with Crippen molar-refractivity contribution >= 4 is 64.0 Å². The fourth-order valence-electron chi connectivity index (χ4n) is 16.2. The van der Waals surface area contributed by atoms with Crippen molar-refractivity contribution in [2.24, 2.45) is 0 Å². The molecule has 0 aliphatic carbocycles. The molecule has 670 valence electrons. The number of unbranched alkanes of at least 4 members (excludes halogenated alkanes) is 36. The van der Waals surface area contributed by atoms with Crippen LogP contribution in [0.15, 0.2) is 117 Å². The van der Waals surface area contributed by atoms with Gasteiger partial charge in [-0.05, 0) is 174 Å². The standard InChI is InChI=1S/4C23H37NO4S.2Rh/c4*1-2-3-4-5-6-7-8-9-10-11-13-20-15-17-21(18-16-20)29(27,28)24-19-12-14-22(24)23(25)26;;/h4*15-18,22H,2-14,19H2,1H3,(H,25,26);;/q;;;;2*+2/p-4/t4*22-;;/m1111../s1. The summed E-state index contributed by atoms with van der Waals surface area (Å²) in [6.45, 7) is 9.92. The van der Waals surface area contributed by atoms with E-state index in [4.69, 9.17) is 0 Å². The molecule has 4 aliphatic heterocycles. The van der Waals surface area contributed by atoms with Gasteiger partial charge in [0.2, 0.25) is 40.1 Å². The third-order valence-electron chi connectivity index (χ3n) is 23.3. The molecule has 4 saturated heterocycles. The molecule has 0 saturated carbocycles. The second kappa shape index (κ2) is 61.1. The van der Waals surface area contributed by atoms with E-state index in [0.717, 1.165) is 90.8 Å². The fourth-order valence-corrected chi connectivity index (χ4v) is 22.8. The Hall–Kier alpha value is -4.35. The summed E-state index contributed by atoms with van der Waals surface area (Å²) in [5, 5.41) is 44.8. The first-order valence-electron chi connectivity index (χ1n) is 45.1. The number of rotatable bonds is 56. The molecule has 4 aliphatic rings. The van der Waals surface area contributed by atoms with E-state index in [2.05, 4.69) is 27.7 Å². The minimum Gasteiger partial charge on any atom is -0.548 e. The Morgan fingerprint density at radius 2 is 0.381 bits per heavy atom. The Balaban J connectivity index is 0.000000404. The molecule has 0 bridgehead atoms. The van der Waals surface area contributed by atoms with Crippen LogP contribution in [-0.4, -0.2) is 125 Å². The van der Waals surface area contributed by atoms with Crippen molar-refractivity contribution in [3.05, 3.63) is 119 Å². The molecule has 0 N–H and O–H groups in total. The summed E-state index contributed by atoms with van der Waals surface area (Å²) in [5.74, 6) is -5.26. The van der Waals surface area contributed by atoms with Gasteiger partial charge >= 0.3 is 39.0 Å². The van der Waals surface area contributed by atoms with Crippen LogP contribution in [0.1, 0.15) is 358 Å². The topological polar surface area (TPSA) is 310 Å². The number of carboxylic acid groups (broad SMARTS) is 4. The molecule has 4 aromatic carbocycles. The second-order valence-corrected chi connectivity index (χ2v) is 40.2. The van der Waals surface area contributed by atoms with Gasteiger partial charge in [0, 0.05) is 26.2 Å². The van der Waals surface area contributed by atoms with Crippen LogP contribution in [0.4, 0.5) is 0 Å². The Morgan fingerprint density at radius 1 is 0.246 bits per heavy atom. The van der Waals surface area contributed by atoms with Gasteiger partial charge in [-0.25, -0.2) is 33.7 Å². The first-order chi connectivity index (χ1) is 55.9. The van der Waals surface area contributed by atoms with Crippen molar-refractivity contribution in [3.8, 4) is 0 Å². The molecule has 0 aromatic heterocycles. The first-order valence-corrected chi connectivity index (χ1v) is 50.9. The van der Waals surface area contributed by atoms with Crippen molar-refractivity contribution in [1.82, 2.24) is 17.2 Å². The van der Waals surface area contributed by atoms with E-state index in [1.54, 1.807) is 48.5 Å². The average Bonchev–Trinajstić information content (AvgIpc) is 1.57. The molecule has 4 fully saturated rings. The number of aryl methyl sites for hydroxylation is 4. The van der Waals surface area contributed by atoms with E-state index in [9.17, 15) is 73.3 Å². The summed E-state index contributed by atoms with van der Waals surface area (Å²) in [7, 11) is -15.1. The van der Waals surface area contributed by atoms with E-state index < -0.39 is 88.1 Å². The molecule has 0 amide bonds. The minimum atomic E-state index is -3.78. The minimum absolute atomic E-state index is 0. The van der Waals surface area contributed by atoms with Crippen LogP contribution >= 0.6 is 0 Å². The number of carboxylic acids is 4. The van der Waals surface area contributed by atoms with Crippen LogP contribution in [0.25, 0.3) is 0 Å². The monoisotopic (exact) mass is 1890 g/mol. The van der Waals surface area contributed by atoms with Crippen LogP contribution in [-0.2, 0) is 124 Å². The Morgan fingerprint density at radius 3 is 0.517 bits per heavy atom. The molecule has 4 heterocycles. The number of nitrogens with zero attached hydrogens (tertiary/aromatic N) is 4. The summed E-state index contributed by atoms with van der Waals surface area (Å²) < 4.78 is 106. The molecule has 2 radical (unpaired) electrons. The number of hydrogen-bond donors (Lipinski definition) is 0. The third-order valence-corrected chi connectivity index (χ3v) is 31.0. The van der Waals surface area contributed by atoms with Crippen LogP contribution in [0.5, 0.6) is 0 Å². The van der Waals surface area contributed by atoms with E-state index in [1.165, 1.54) is 231 Å². The van der Waals surface area contributed by atoms with Gasteiger partial charge in [-0.1, -0.05) is 307 Å². The zero-order chi connectivity index (χ0) is 84.5. The quantitative estimate of drug-likeness (QED) is 0.0293. The summed E-state index contributed by atoms with van der Waals surface area (Å²) in [6.07, 6.45) is 59.1. The second-order valence-electron chi connectivity index (χ2n) is 32.7. The predicted octanol–water partition coefficient (Wildman–Crippen LogP) is 16.2. The number of hydrogen-bond acceptors (Lipinski definition) is 16. The predicted molar refractivity (Wildman–Crippen MR) is 456 cm³/mol. The number of carbonyl (C=O) groups is 4. The van der Waals surface area contributed by atoms with E-state index >= 15 is 0 Å². The SMILES string of the molecule is CCCCCCCCCCCCc1ccc(S(=O)(=O)N2CCC[C@@H]2C(=O)[O-])cc1.CCCCCCCCCCCCc1ccc(S(=O)(=O)N2CCC[C@@H]2C(=O)[O-])cc1.CCCCCCCCCCCCc1ccc(S(=O)(=O)N2CCC[C@@H]2C(=O)[O-])cc1.CCCCCCCCCCCCc1ccc(S(=O)(=O)N2CCC[C@@H]2C(=O)[O-])cc1.[Rh+2].[Rh+2]. The van der Waals surface area contributed by atoms with Crippen LogP contribution < -0.4 is 20.4 Å². The molecule has 8 rings (SSSR count). The maximum Gasteiger partial charge on any atom is 2.00 e. The molecule has 26 heteroatoms. The fraction of sp³-hybridized carbons (Fsp3) is 0.696. The first kappa shape index (κ1) is 108. The van der Waals surface area contributed by atoms with Crippen molar-refractivity contribution in [2.75, 3.05) is 26.2 Å². The Kier molecular flexibility index (Phi) is 55.8. The maximum atomic E-state index is 12.7. The van der Waals surface area contributed by atoms with E-state index in [1.807, 2.05) is 48.5 Å². The van der Waals surface area contributed by atoms with Crippen LogP contribution in [0.2, 0.25) is 0 Å². The molecule has 118 heavy (non-hydrogen) atoms. The van der Waals surface area contributed by atoms with E-state index in [-0.39, 0.29) is 84.7 Å². The molecule has 20 nitrogen and oxygen atoms in total. The third kappa shape index (κ3) is 38.8. The number of benzene rings is 4. The molecule has 4 aromatic rings. The van der Waals surface area contributed by atoms with Gasteiger partial charge in [-0.3, -0.25) is 0 Å². The zero-order valence-electron chi connectivity index (χ0n) is 71.8. The summed E-state index contributed by atoms with van der Waals surface area (Å²) in [5.41, 5.74) is 4.51. The molecule has 0 spiro atoms. The van der Waals surface area contributed by atoms with Crippen molar-refractivity contribution in [2.45, 2.75) is 405 Å². The Bertz CT molecular complexity index is 3380. The zero-order valence-corrected chi connectivity index (χ0v) is 78.3. The Labute approximate surface area is 738 Å². The molecule has 4 atom stereocenters. The van der Waals surface area contributed by atoms with Gasteiger partial charge in [-0.2, -0.15) is 17.2 Å². The number of aliphatic carboxylic acids is 4. The van der Waals surface area contributed by atoms with Gasteiger partial charge in [0.1, 0.15) is 0 Å². The summed E-state index contributed by atoms with van der Waals surface area (Å²) >= 11 is 0. The van der Waals surface area contributed by atoms with Gasteiger partial charge in [0.05, 0.1) is 67.6 Å².